The molecule has 2 aliphatic heterocycles. The summed E-state index contributed by atoms with van der Waals surface area (Å²) < 4.78 is 13.5. The van der Waals surface area contributed by atoms with E-state index in [0.29, 0.717) is 19.1 Å². The molecule has 1 spiro atoms. The van der Waals surface area contributed by atoms with E-state index in [4.69, 9.17) is 9.47 Å². The molecule has 0 radical (unpaired) electrons. The van der Waals surface area contributed by atoms with Crippen molar-refractivity contribution >= 4 is 5.91 Å². The molecule has 1 unspecified atom stereocenters. The molecule has 1 atom stereocenters. The van der Waals surface area contributed by atoms with Crippen LogP contribution in [-0.4, -0.2) is 59.1 Å². The summed E-state index contributed by atoms with van der Waals surface area (Å²) in [6.07, 6.45) is 4.57. The summed E-state index contributed by atoms with van der Waals surface area (Å²) in [5.41, 5.74) is 2.03. The number of amides is 1. The summed E-state index contributed by atoms with van der Waals surface area (Å²) >= 11 is 0. The van der Waals surface area contributed by atoms with Gasteiger partial charge in [-0.15, -0.1) is 0 Å². The van der Waals surface area contributed by atoms with Gasteiger partial charge in [-0.25, -0.2) is 0 Å². The third-order valence-corrected chi connectivity index (χ3v) is 5.45. The summed E-state index contributed by atoms with van der Waals surface area (Å²) in [7, 11) is 1.78. The first-order valence-electron chi connectivity index (χ1n) is 8.97. The minimum absolute atomic E-state index is 0.0780. The molecule has 0 saturated carbocycles. The molecule has 134 valence electrons. The number of nitrogens with zero attached hydrogens (tertiary/aromatic N) is 3. The fourth-order valence-corrected chi connectivity index (χ4v) is 3.96. The van der Waals surface area contributed by atoms with Gasteiger partial charge in [0.2, 0.25) is 5.91 Å². The third-order valence-electron chi connectivity index (χ3n) is 5.45. The zero-order valence-corrected chi connectivity index (χ0v) is 15.1. The van der Waals surface area contributed by atoms with Gasteiger partial charge in [0.1, 0.15) is 0 Å². The van der Waals surface area contributed by atoms with Crippen LogP contribution in [0.1, 0.15) is 43.5 Å². The average molecular weight is 335 g/mol. The number of likely N-dealkylation sites (tertiary alicyclic amines) is 1. The van der Waals surface area contributed by atoms with Gasteiger partial charge in [0.15, 0.2) is 0 Å². The number of rotatable bonds is 4. The molecule has 6 nitrogen and oxygen atoms in total. The first kappa shape index (κ1) is 17.4. The topological polar surface area (TPSA) is 56.6 Å². The largest absolute Gasteiger partial charge is 0.381 e. The molecule has 0 aliphatic carbocycles. The highest BCUT2D eigenvalue weighted by atomic mass is 16.5. The summed E-state index contributed by atoms with van der Waals surface area (Å²) in [5, 5.41) is 4.43. The van der Waals surface area contributed by atoms with Crippen molar-refractivity contribution in [1.82, 2.24) is 14.7 Å². The van der Waals surface area contributed by atoms with Gasteiger partial charge in [-0.2, -0.15) is 5.10 Å². The Hall–Kier alpha value is -1.40. The number of ether oxygens (including phenoxy) is 2. The Kier molecular flexibility index (Phi) is 5.25. The van der Waals surface area contributed by atoms with Crippen molar-refractivity contribution in [2.75, 3.05) is 26.8 Å². The van der Waals surface area contributed by atoms with Crippen LogP contribution in [0.4, 0.5) is 0 Å². The molecule has 1 amide bonds. The van der Waals surface area contributed by atoms with Crippen LogP contribution >= 0.6 is 0 Å². The summed E-state index contributed by atoms with van der Waals surface area (Å²) in [4.78, 5) is 14.5. The number of methoxy groups -OCH3 is 1. The van der Waals surface area contributed by atoms with Gasteiger partial charge >= 0.3 is 0 Å². The van der Waals surface area contributed by atoms with Crippen LogP contribution < -0.4 is 0 Å². The zero-order valence-electron chi connectivity index (χ0n) is 15.1. The molecule has 1 aromatic rings. The van der Waals surface area contributed by atoms with Crippen molar-refractivity contribution in [3.63, 3.8) is 0 Å². The molecule has 0 N–H and O–H groups in total. The van der Waals surface area contributed by atoms with Gasteiger partial charge < -0.3 is 14.4 Å². The maximum absolute atomic E-state index is 12.5. The quantitative estimate of drug-likeness (QED) is 0.845. The van der Waals surface area contributed by atoms with Crippen LogP contribution in [0.3, 0.4) is 0 Å². The van der Waals surface area contributed by atoms with Crippen molar-refractivity contribution in [3.05, 3.63) is 17.5 Å². The highest BCUT2D eigenvalue weighted by molar-refractivity contribution is 5.76. The van der Waals surface area contributed by atoms with Gasteiger partial charge in [0.25, 0.3) is 0 Å². The van der Waals surface area contributed by atoms with Crippen molar-refractivity contribution in [1.29, 1.82) is 0 Å². The fraction of sp³-hybridized carbons (Fsp3) is 0.778. The highest BCUT2D eigenvalue weighted by Gasteiger charge is 2.41. The van der Waals surface area contributed by atoms with Crippen LogP contribution in [-0.2, 0) is 20.8 Å². The second-order valence-electron chi connectivity index (χ2n) is 7.16. The second-order valence-corrected chi connectivity index (χ2v) is 7.16. The maximum atomic E-state index is 12.5. The molecular formula is C18H29N3O3. The SMILES string of the molecule is COC1CCOC2(CCN(C(=O)CCn3nc(C)cc3C)CC2)C1. The van der Waals surface area contributed by atoms with E-state index in [1.165, 1.54) is 0 Å². The number of aryl methyl sites for hydroxylation is 3. The molecule has 24 heavy (non-hydrogen) atoms. The first-order valence-corrected chi connectivity index (χ1v) is 8.97. The maximum Gasteiger partial charge on any atom is 0.224 e. The van der Waals surface area contributed by atoms with Gasteiger partial charge in [-0.1, -0.05) is 0 Å². The molecule has 6 heteroatoms. The smallest absolute Gasteiger partial charge is 0.224 e. The average Bonchev–Trinajstić information content (AvgIpc) is 2.91. The molecule has 2 aliphatic rings. The molecular weight excluding hydrogens is 306 g/mol. The van der Waals surface area contributed by atoms with Gasteiger partial charge in [0, 0.05) is 51.9 Å². The molecule has 0 aromatic carbocycles. The lowest BCUT2D eigenvalue weighted by Gasteiger charge is -2.45. The fourth-order valence-electron chi connectivity index (χ4n) is 3.96. The van der Waals surface area contributed by atoms with E-state index in [1.54, 1.807) is 7.11 Å². The van der Waals surface area contributed by atoms with E-state index in [1.807, 2.05) is 29.5 Å². The summed E-state index contributed by atoms with van der Waals surface area (Å²) in [5.74, 6) is 0.219. The summed E-state index contributed by atoms with van der Waals surface area (Å²) in [6.45, 7) is 7.00. The number of piperidine rings is 1. The Morgan fingerprint density at radius 3 is 2.79 bits per heavy atom. The van der Waals surface area contributed by atoms with Crippen molar-refractivity contribution in [2.45, 2.75) is 64.2 Å². The lowest BCUT2D eigenvalue weighted by atomic mass is 9.83. The molecule has 3 heterocycles. The molecule has 1 aromatic heterocycles. The van der Waals surface area contributed by atoms with E-state index in [0.717, 1.165) is 56.8 Å². The third kappa shape index (κ3) is 3.81. The Morgan fingerprint density at radius 1 is 1.42 bits per heavy atom. The minimum Gasteiger partial charge on any atom is -0.381 e. The van der Waals surface area contributed by atoms with E-state index in [2.05, 4.69) is 5.10 Å². The van der Waals surface area contributed by atoms with E-state index < -0.39 is 0 Å². The number of aromatic nitrogens is 2. The number of hydrogen-bond acceptors (Lipinski definition) is 4. The molecule has 0 bridgehead atoms. The molecule has 2 saturated heterocycles. The predicted octanol–water partition coefficient (Wildman–Crippen LogP) is 2.08. The summed E-state index contributed by atoms with van der Waals surface area (Å²) in [6, 6.07) is 2.04. The lowest BCUT2D eigenvalue weighted by Crippen LogP contribution is -2.52. The Bertz CT molecular complexity index is 576. The second kappa shape index (κ2) is 7.23. The van der Waals surface area contributed by atoms with Crippen LogP contribution in [0, 0.1) is 13.8 Å². The van der Waals surface area contributed by atoms with Crippen LogP contribution in [0.5, 0.6) is 0 Å². The normalized spacial score (nSPS) is 23.6. The van der Waals surface area contributed by atoms with Gasteiger partial charge in [0.05, 0.1) is 17.4 Å². The Morgan fingerprint density at radius 2 is 2.17 bits per heavy atom. The zero-order chi connectivity index (χ0) is 17.2. The van der Waals surface area contributed by atoms with E-state index in [9.17, 15) is 4.79 Å². The van der Waals surface area contributed by atoms with Crippen LogP contribution in [0.2, 0.25) is 0 Å². The standard InChI is InChI=1S/C18H29N3O3/c1-14-12-15(2)21(19-14)8-4-17(22)20-9-6-18(7-10-20)13-16(23-3)5-11-24-18/h12,16H,4-11,13H2,1-3H3. The predicted molar refractivity (Wildman–Crippen MR) is 90.8 cm³/mol. The monoisotopic (exact) mass is 335 g/mol. The van der Waals surface area contributed by atoms with Crippen molar-refractivity contribution in [3.8, 4) is 0 Å². The van der Waals surface area contributed by atoms with E-state index >= 15 is 0 Å². The van der Waals surface area contributed by atoms with Crippen LogP contribution in [0.15, 0.2) is 6.07 Å². The minimum atomic E-state index is -0.0780. The number of carbonyl (C=O) groups is 1. The van der Waals surface area contributed by atoms with Gasteiger partial charge in [-0.3, -0.25) is 9.48 Å². The molecule has 2 fully saturated rings. The Labute approximate surface area is 144 Å². The van der Waals surface area contributed by atoms with Crippen molar-refractivity contribution in [2.24, 2.45) is 0 Å². The highest BCUT2D eigenvalue weighted by Crippen LogP contribution is 2.36. The van der Waals surface area contributed by atoms with Gasteiger partial charge in [-0.05, 0) is 39.2 Å². The van der Waals surface area contributed by atoms with Crippen molar-refractivity contribution < 1.29 is 14.3 Å². The first-order chi connectivity index (χ1) is 11.5. The molecule has 3 rings (SSSR count). The van der Waals surface area contributed by atoms with Crippen LogP contribution in [0.25, 0.3) is 0 Å². The number of carbonyl (C=O) groups excluding carboxylic acids is 1. The number of hydrogen-bond donors (Lipinski definition) is 0. The lowest BCUT2D eigenvalue weighted by molar-refractivity contribution is -0.157. The van der Waals surface area contributed by atoms with E-state index in [-0.39, 0.29) is 11.5 Å². The Balaban J connectivity index is 1.49.